The predicted molar refractivity (Wildman–Crippen MR) is 88.4 cm³/mol. The third-order valence-electron chi connectivity index (χ3n) is 3.82. The van der Waals surface area contributed by atoms with Gasteiger partial charge in [0.05, 0.1) is 10.6 Å². The Hall–Kier alpha value is -1.54. The van der Waals surface area contributed by atoms with E-state index in [0.717, 1.165) is 17.2 Å². The molecule has 0 aromatic heterocycles. The van der Waals surface area contributed by atoms with Crippen LogP contribution in [0.5, 0.6) is 0 Å². The number of benzene rings is 2. The van der Waals surface area contributed by atoms with E-state index in [1.807, 2.05) is 12.1 Å². The summed E-state index contributed by atoms with van der Waals surface area (Å²) in [6.07, 6.45) is 7.42. The summed E-state index contributed by atoms with van der Waals surface area (Å²) in [6, 6.07) is 9.53. The number of carboxylic acids is 1. The van der Waals surface area contributed by atoms with Gasteiger partial charge in [-0.1, -0.05) is 68.5 Å². The highest BCUT2D eigenvalue weighted by atomic mass is 35.5. The number of aromatic carboxylic acids is 1. The van der Waals surface area contributed by atoms with Crippen LogP contribution in [0.4, 0.5) is 0 Å². The molecule has 0 saturated carbocycles. The number of hydrogen-bond donors (Lipinski definition) is 1. The molecule has 0 fully saturated rings. The van der Waals surface area contributed by atoms with Crippen LogP contribution in [0.3, 0.4) is 0 Å². The zero-order valence-electron chi connectivity index (χ0n) is 12.4. The first-order valence-corrected chi connectivity index (χ1v) is 7.95. The second-order valence-corrected chi connectivity index (χ2v) is 5.83. The number of unbranched alkanes of at least 4 members (excludes halogenated alkanes) is 4. The van der Waals surface area contributed by atoms with Gasteiger partial charge in [-0.3, -0.25) is 0 Å². The predicted octanol–water partition coefficient (Wildman–Crippen LogP) is 5.70. The molecule has 21 heavy (non-hydrogen) atoms. The Kier molecular flexibility index (Phi) is 5.63. The molecule has 0 spiro atoms. The third-order valence-corrected chi connectivity index (χ3v) is 4.23. The molecule has 2 nitrogen and oxygen atoms in total. The van der Waals surface area contributed by atoms with Crippen molar-refractivity contribution in [2.45, 2.75) is 45.4 Å². The summed E-state index contributed by atoms with van der Waals surface area (Å²) in [5.41, 5.74) is 1.45. The first kappa shape index (κ1) is 15.8. The third kappa shape index (κ3) is 3.98. The highest BCUT2D eigenvalue weighted by molar-refractivity contribution is 6.38. The molecule has 0 aliphatic rings. The van der Waals surface area contributed by atoms with E-state index < -0.39 is 5.97 Å². The van der Waals surface area contributed by atoms with Crippen LogP contribution >= 0.6 is 11.6 Å². The van der Waals surface area contributed by atoms with E-state index in [1.54, 1.807) is 6.07 Å². The van der Waals surface area contributed by atoms with Crippen molar-refractivity contribution in [1.29, 1.82) is 0 Å². The molecule has 112 valence electrons. The summed E-state index contributed by atoms with van der Waals surface area (Å²) in [5, 5.41) is 11.2. The quantitative estimate of drug-likeness (QED) is 0.666. The monoisotopic (exact) mass is 304 g/mol. The second kappa shape index (κ2) is 7.46. The van der Waals surface area contributed by atoms with E-state index in [0.29, 0.717) is 5.02 Å². The number of halogens is 1. The van der Waals surface area contributed by atoms with Gasteiger partial charge >= 0.3 is 5.97 Å². The van der Waals surface area contributed by atoms with E-state index >= 15 is 0 Å². The zero-order valence-corrected chi connectivity index (χ0v) is 13.1. The molecule has 2 aromatic rings. The molecular weight excluding hydrogens is 284 g/mol. The van der Waals surface area contributed by atoms with E-state index in [1.165, 1.54) is 37.7 Å². The van der Waals surface area contributed by atoms with E-state index in [-0.39, 0.29) is 5.56 Å². The summed E-state index contributed by atoms with van der Waals surface area (Å²) in [5.74, 6) is -0.984. The van der Waals surface area contributed by atoms with Crippen LogP contribution < -0.4 is 0 Å². The Labute approximate surface area is 130 Å². The second-order valence-electron chi connectivity index (χ2n) is 5.45. The Bertz CT molecular complexity index is 634. The molecule has 0 saturated heterocycles. The molecule has 0 unspecified atom stereocenters. The molecule has 0 atom stereocenters. The van der Waals surface area contributed by atoms with Gasteiger partial charge in [-0.2, -0.15) is 0 Å². The maximum absolute atomic E-state index is 11.1. The number of carboxylic acid groups (broad SMARTS) is 1. The van der Waals surface area contributed by atoms with Gasteiger partial charge < -0.3 is 5.11 Å². The number of fused-ring (bicyclic) bond motifs is 1. The van der Waals surface area contributed by atoms with Crippen molar-refractivity contribution in [2.75, 3.05) is 0 Å². The van der Waals surface area contributed by atoms with Gasteiger partial charge in [-0.05, 0) is 29.9 Å². The van der Waals surface area contributed by atoms with Gasteiger partial charge in [0.1, 0.15) is 0 Å². The fourth-order valence-corrected chi connectivity index (χ4v) is 2.91. The Morgan fingerprint density at radius 2 is 1.86 bits per heavy atom. The molecular formula is C18H21ClO2. The van der Waals surface area contributed by atoms with Gasteiger partial charge in [-0.15, -0.1) is 0 Å². The molecule has 1 N–H and O–H groups in total. The molecule has 2 rings (SSSR count). The minimum Gasteiger partial charge on any atom is -0.478 e. The number of aryl methyl sites for hydroxylation is 1. The highest BCUT2D eigenvalue weighted by Crippen LogP contribution is 2.28. The molecule has 0 aliphatic carbocycles. The number of carbonyl (C=O) groups is 1. The summed E-state index contributed by atoms with van der Waals surface area (Å²) in [6.45, 7) is 2.22. The van der Waals surface area contributed by atoms with Crippen LogP contribution in [0.25, 0.3) is 10.8 Å². The zero-order chi connectivity index (χ0) is 15.2. The topological polar surface area (TPSA) is 37.3 Å². The standard InChI is InChI=1S/C18H21ClO2/c1-2-3-4-5-6-7-13-8-10-15-14(12-13)9-11-16(17(15)19)18(20)21/h8-12H,2-7H2,1H3,(H,20,21). The lowest BCUT2D eigenvalue weighted by atomic mass is 10.0. The number of rotatable bonds is 7. The van der Waals surface area contributed by atoms with Crippen molar-refractivity contribution in [3.8, 4) is 0 Å². The van der Waals surface area contributed by atoms with E-state index in [2.05, 4.69) is 19.1 Å². The summed E-state index contributed by atoms with van der Waals surface area (Å²) >= 11 is 6.17. The first-order chi connectivity index (χ1) is 10.1. The minimum absolute atomic E-state index is 0.163. The van der Waals surface area contributed by atoms with Crippen LogP contribution in [0.15, 0.2) is 30.3 Å². The summed E-state index contributed by atoms with van der Waals surface area (Å²) < 4.78 is 0. The lowest BCUT2D eigenvalue weighted by Crippen LogP contribution is -1.97. The van der Waals surface area contributed by atoms with Crippen molar-refractivity contribution in [3.63, 3.8) is 0 Å². The fraction of sp³-hybridized carbons (Fsp3) is 0.389. The van der Waals surface area contributed by atoms with E-state index in [4.69, 9.17) is 16.7 Å². The van der Waals surface area contributed by atoms with Gasteiger partial charge in [0.15, 0.2) is 0 Å². The van der Waals surface area contributed by atoms with Crippen LogP contribution in [-0.4, -0.2) is 11.1 Å². The molecule has 2 aromatic carbocycles. The first-order valence-electron chi connectivity index (χ1n) is 7.58. The van der Waals surface area contributed by atoms with Crippen molar-refractivity contribution in [3.05, 3.63) is 46.5 Å². The van der Waals surface area contributed by atoms with Crippen LogP contribution in [0, 0.1) is 0 Å². The van der Waals surface area contributed by atoms with Gasteiger partial charge in [0.2, 0.25) is 0 Å². The maximum atomic E-state index is 11.1. The van der Waals surface area contributed by atoms with Crippen LogP contribution in [0.2, 0.25) is 5.02 Å². The van der Waals surface area contributed by atoms with Gasteiger partial charge in [0, 0.05) is 5.39 Å². The molecule has 0 radical (unpaired) electrons. The van der Waals surface area contributed by atoms with E-state index in [9.17, 15) is 4.79 Å². The van der Waals surface area contributed by atoms with Crippen molar-refractivity contribution in [2.24, 2.45) is 0 Å². The number of hydrogen-bond acceptors (Lipinski definition) is 1. The van der Waals surface area contributed by atoms with Gasteiger partial charge in [0.25, 0.3) is 0 Å². The molecule has 0 amide bonds. The molecule has 0 aliphatic heterocycles. The van der Waals surface area contributed by atoms with Crippen molar-refractivity contribution < 1.29 is 9.90 Å². The Morgan fingerprint density at radius 3 is 2.57 bits per heavy atom. The Balaban J connectivity index is 2.12. The normalized spacial score (nSPS) is 11.0. The molecule has 0 heterocycles. The maximum Gasteiger partial charge on any atom is 0.337 e. The van der Waals surface area contributed by atoms with Gasteiger partial charge in [-0.25, -0.2) is 4.79 Å². The lowest BCUT2D eigenvalue weighted by Gasteiger charge is -2.07. The Morgan fingerprint density at radius 1 is 1.10 bits per heavy atom. The lowest BCUT2D eigenvalue weighted by molar-refractivity contribution is 0.0697. The average molecular weight is 305 g/mol. The molecule has 3 heteroatoms. The average Bonchev–Trinajstić information content (AvgIpc) is 2.47. The van der Waals surface area contributed by atoms with Crippen molar-refractivity contribution in [1.82, 2.24) is 0 Å². The summed E-state index contributed by atoms with van der Waals surface area (Å²) in [7, 11) is 0. The van der Waals surface area contributed by atoms with Crippen molar-refractivity contribution >= 4 is 28.3 Å². The largest absolute Gasteiger partial charge is 0.478 e. The highest BCUT2D eigenvalue weighted by Gasteiger charge is 2.11. The SMILES string of the molecule is CCCCCCCc1ccc2c(Cl)c(C(=O)O)ccc2c1. The van der Waals surface area contributed by atoms with Crippen LogP contribution in [0.1, 0.15) is 54.9 Å². The molecule has 0 bridgehead atoms. The minimum atomic E-state index is -0.984. The smallest absolute Gasteiger partial charge is 0.337 e. The summed E-state index contributed by atoms with van der Waals surface area (Å²) in [4.78, 5) is 11.1. The fourth-order valence-electron chi connectivity index (χ4n) is 2.59. The van der Waals surface area contributed by atoms with Crippen LogP contribution in [-0.2, 0) is 6.42 Å².